The SMILES string of the molecule is COC(=O)c1nc(NC(=O)C2CC2)ccc1C1COCCO1. The number of aromatic nitrogens is 1. The van der Waals surface area contributed by atoms with Crippen LogP contribution in [-0.2, 0) is 19.0 Å². The van der Waals surface area contributed by atoms with Gasteiger partial charge in [-0.3, -0.25) is 4.79 Å². The molecule has 1 saturated carbocycles. The van der Waals surface area contributed by atoms with Crippen LogP contribution in [0.15, 0.2) is 12.1 Å². The van der Waals surface area contributed by atoms with Gasteiger partial charge in [-0.15, -0.1) is 0 Å². The average molecular weight is 306 g/mol. The van der Waals surface area contributed by atoms with Crippen molar-refractivity contribution in [3.8, 4) is 0 Å². The van der Waals surface area contributed by atoms with Crippen molar-refractivity contribution >= 4 is 17.7 Å². The van der Waals surface area contributed by atoms with E-state index in [1.165, 1.54) is 7.11 Å². The topological polar surface area (TPSA) is 86.8 Å². The van der Waals surface area contributed by atoms with Gasteiger partial charge in [-0.25, -0.2) is 9.78 Å². The van der Waals surface area contributed by atoms with E-state index in [0.717, 1.165) is 12.8 Å². The summed E-state index contributed by atoms with van der Waals surface area (Å²) in [6.07, 6.45) is 1.45. The highest BCUT2D eigenvalue weighted by molar-refractivity contribution is 5.94. The third kappa shape index (κ3) is 3.26. The number of hydrogen-bond donors (Lipinski definition) is 1. The van der Waals surface area contributed by atoms with Crippen molar-refractivity contribution in [3.05, 3.63) is 23.4 Å². The normalized spacial score (nSPS) is 21.2. The second-order valence-corrected chi connectivity index (χ2v) is 5.32. The van der Waals surface area contributed by atoms with Crippen LogP contribution in [0.4, 0.5) is 5.82 Å². The van der Waals surface area contributed by atoms with Crippen molar-refractivity contribution in [1.29, 1.82) is 0 Å². The Kier molecular flexibility index (Phi) is 4.35. The number of carbonyl (C=O) groups is 2. The molecule has 0 radical (unpaired) electrons. The first-order valence-electron chi connectivity index (χ1n) is 7.28. The van der Waals surface area contributed by atoms with Crippen molar-refractivity contribution in [2.75, 3.05) is 32.2 Å². The predicted octanol–water partition coefficient (Wildman–Crippen LogP) is 1.30. The molecular weight excluding hydrogens is 288 g/mol. The first kappa shape index (κ1) is 14.9. The number of nitrogens with zero attached hydrogens (tertiary/aromatic N) is 1. The molecule has 0 spiro atoms. The van der Waals surface area contributed by atoms with Gasteiger partial charge < -0.3 is 19.5 Å². The molecule has 2 fully saturated rings. The summed E-state index contributed by atoms with van der Waals surface area (Å²) in [5.41, 5.74) is 0.752. The Bertz CT molecular complexity index is 579. The molecule has 2 heterocycles. The van der Waals surface area contributed by atoms with E-state index >= 15 is 0 Å². The largest absolute Gasteiger partial charge is 0.464 e. The maximum atomic E-state index is 12.0. The first-order chi connectivity index (χ1) is 10.7. The maximum absolute atomic E-state index is 12.0. The Morgan fingerprint density at radius 3 is 2.77 bits per heavy atom. The van der Waals surface area contributed by atoms with Gasteiger partial charge in [0.05, 0.1) is 26.9 Å². The molecule has 0 aromatic carbocycles. The van der Waals surface area contributed by atoms with Crippen LogP contribution in [0.1, 0.15) is 35.0 Å². The van der Waals surface area contributed by atoms with Gasteiger partial charge in [-0.05, 0) is 18.9 Å². The minimum atomic E-state index is -0.563. The lowest BCUT2D eigenvalue weighted by Gasteiger charge is -2.24. The Balaban J connectivity index is 1.85. The number of nitrogens with one attached hydrogen (secondary N) is 1. The van der Waals surface area contributed by atoms with Crippen LogP contribution in [0.3, 0.4) is 0 Å². The third-order valence-corrected chi connectivity index (χ3v) is 3.67. The van der Waals surface area contributed by atoms with Gasteiger partial charge in [0, 0.05) is 11.5 Å². The second-order valence-electron chi connectivity index (χ2n) is 5.32. The van der Waals surface area contributed by atoms with E-state index in [-0.39, 0.29) is 23.6 Å². The minimum absolute atomic E-state index is 0.0617. The quantitative estimate of drug-likeness (QED) is 0.844. The molecule has 1 saturated heterocycles. The molecule has 3 rings (SSSR count). The minimum Gasteiger partial charge on any atom is -0.464 e. The van der Waals surface area contributed by atoms with Gasteiger partial charge in [0.1, 0.15) is 11.9 Å². The molecule has 7 nitrogen and oxygen atoms in total. The third-order valence-electron chi connectivity index (χ3n) is 3.67. The van der Waals surface area contributed by atoms with Crippen LogP contribution in [0.25, 0.3) is 0 Å². The smallest absolute Gasteiger partial charge is 0.357 e. The number of amides is 1. The number of anilines is 1. The molecule has 22 heavy (non-hydrogen) atoms. The number of methoxy groups -OCH3 is 1. The number of pyridine rings is 1. The number of hydrogen-bond acceptors (Lipinski definition) is 6. The fourth-order valence-corrected chi connectivity index (χ4v) is 2.30. The fourth-order valence-electron chi connectivity index (χ4n) is 2.30. The summed E-state index contributed by atoms with van der Waals surface area (Å²) in [4.78, 5) is 28.0. The van der Waals surface area contributed by atoms with Gasteiger partial charge in [0.25, 0.3) is 0 Å². The lowest BCUT2D eigenvalue weighted by Crippen LogP contribution is -2.25. The number of ether oxygens (including phenoxy) is 3. The molecule has 0 bridgehead atoms. The fraction of sp³-hybridized carbons (Fsp3) is 0.533. The van der Waals surface area contributed by atoms with Crippen molar-refractivity contribution in [2.45, 2.75) is 18.9 Å². The van der Waals surface area contributed by atoms with Crippen molar-refractivity contribution in [2.24, 2.45) is 5.92 Å². The number of carbonyl (C=O) groups excluding carboxylic acids is 2. The number of rotatable bonds is 4. The van der Waals surface area contributed by atoms with E-state index in [2.05, 4.69) is 10.3 Å². The molecule has 1 atom stereocenters. The zero-order chi connectivity index (χ0) is 15.5. The van der Waals surface area contributed by atoms with Gasteiger partial charge in [-0.2, -0.15) is 0 Å². The summed E-state index contributed by atoms with van der Waals surface area (Å²) in [6.45, 7) is 1.36. The molecule has 2 aliphatic rings. The standard InChI is InChI=1S/C15H18N2O5/c1-20-15(19)13-10(11-8-21-6-7-22-11)4-5-12(16-13)17-14(18)9-2-3-9/h4-5,9,11H,2-3,6-8H2,1H3,(H,16,17,18). The van der Waals surface area contributed by atoms with Gasteiger partial charge in [0.2, 0.25) is 5.91 Å². The van der Waals surface area contributed by atoms with Crippen LogP contribution < -0.4 is 5.32 Å². The van der Waals surface area contributed by atoms with Crippen LogP contribution in [0.5, 0.6) is 0 Å². The Morgan fingerprint density at radius 1 is 1.32 bits per heavy atom. The highest BCUT2D eigenvalue weighted by atomic mass is 16.6. The number of esters is 1. The molecule has 1 unspecified atom stereocenters. The molecule has 1 aromatic rings. The zero-order valence-corrected chi connectivity index (χ0v) is 12.3. The summed E-state index contributed by atoms with van der Waals surface area (Å²) in [6, 6.07) is 3.39. The molecule has 1 aliphatic heterocycles. The highest BCUT2D eigenvalue weighted by Crippen LogP contribution is 2.30. The van der Waals surface area contributed by atoms with Crippen molar-refractivity contribution < 1.29 is 23.8 Å². The molecule has 1 amide bonds. The van der Waals surface area contributed by atoms with Crippen LogP contribution in [0, 0.1) is 5.92 Å². The predicted molar refractivity (Wildman–Crippen MR) is 76.4 cm³/mol. The van der Waals surface area contributed by atoms with Gasteiger partial charge in [-0.1, -0.05) is 6.07 Å². The van der Waals surface area contributed by atoms with Gasteiger partial charge >= 0.3 is 5.97 Å². The Labute approximate surface area is 128 Å². The Hall–Kier alpha value is -1.99. The summed E-state index contributed by atoms with van der Waals surface area (Å²) in [5, 5.41) is 2.72. The monoisotopic (exact) mass is 306 g/mol. The molecular formula is C15H18N2O5. The Morgan fingerprint density at radius 2 is 2.14 bits per heavy atom. The van der Waals surface area contributed by atoms with E-state index < -0.39 is 5.97 Å². The molecule has 1 aliphatic carbocycles. The first-order valence-corrected chi connectivity index (χ1v) is 7.28. The van der Waals surface area contributed by atoms with E-state index in [1.54, 1.807) is 12.1 Å². The van der Waals surface area contributed by atoms with Crippen molar-refractivity contribution in [1.82, 2.24) is 4.98 Å². The molecule has 118 valence electrons. The average Bonchev–Trinajstić information content (AvgIpc) is 3.40. The van der Waals surface area contributed by atoms with Crippen molar-refractivity contribution in [3.63, 3.8) is 0 Å². The molecule has 1 N–H and O–H groups in total. The highest BCUT2D eigenvalue weighted by Gasteiger charge is 2.30. The van der Waals surface area contributed by atoms with Crippen LogP contribution >= 0.6 is 0 Å². The maximum Gasteiger partial charge on any atom is 0.357 e. The summed E-state index contributed by atoms with van der Waals surface area (Å²) in [5.74, 6) is -0.212. The van der Waals surface area contributed by atoms with E-state index in [4.69, 9.17) is 14.2 Å². The van der Waals surface area contributed by atoms with Gasteiger partial charge in [0.15, 0.2) is 5.69 Å². The lowest BCUT2D eigenvalue weighted by atomic mass is 10.1. The summed E-state index contributed by atoms with van der Waals surface area (Å²) < 4.78 is 15.8. The van der Waals surface area contributed by atoms with E-state index in [9.17, 15) is 9.59 Å². The second kappa shape index (κ2) is 6.41. The summed E-state index contributed by atoms with van der Waals surface area (Å²) in [7, 11) is 1.29. The van der Waals surface area contributed by atoms with E-state index in [0.29, 0.717) is 31.2 Å². The molecule has 7 heteroatoms. The van der Waals surface area contributed by atoms with E-state index in [1.807, 2.05) is 0 Å². The lowest BCUT2D eigenvalue weighted by molar-refractivity contribution is -0.117. The van der Waals surface area contributed by atoms with Crippen LogP contribution in [-0.4, -0.2) is 43.8 Å². The molecule has 1 aromatic heterocycles. The zero-order valence-electron chi connectivity index (χ0n) is 12.3. The summed E-state index contributed by atoms with van der Waals surface area (Å²) >= 11 is 0. The van der Waals surface area contributed by atoms with Crippen LogP contribution in [0.2, 0.25) is 0 Å².